The van der Waals surface area contributed by atoms with Crippen LogP contribution in [0.25, 0.3) is 0 Å². The lowest BCUT2D eigenvalue weighted by Gasteiger charge is -2.30. The van der Waals surface area contributed by atoms with Crippen LogP contribution >= 0.6 is 11.6 Å². The van der Waals surface area contributed by atoms with E-state index in [2.05, 4.69) is 5.32 Å². The lowest BCUT2D eigenvalue weighted by atomic mass is 10.1. The smallest absolute Gasteiger partial charge is 0.242 e. The topological polar surface area (TPSA) is 58.6 Å². The Hall–Kier alpha value is -2.53. The monoisotopic (exact) mass is 402 g/mol. The Balaban J connectivity index is 2.27. The number of carbonyl (C=O) groups excluding carboxylic acids is 2. The zero-order chi connectivity index (χ0) is 20.5. The van der Waals surface area contributed by atoms with Crippen LogP contribution < -0.4 is 10.1 Å². The van der Waals surface area contributed by atoms with Gasteiger partial charge in [0.05, 0.1) is 13.5 Å². The molecule has 0 saturated heterocycles. The molecule has 150 valence electrons. The summed E-state index contributed by atoms with van der Waals surface area (Å²) in [6, 6.07) is 14.2. The van der Waals surface area contributed by atoms with Crippen LogP contribution in [0.2, 0.25) is 5.02 Å². The third-order valence-corrected chi connectivity index (χ3v) is 4.73. The number of nitrogens with zero attached hydrogens (tertiary/aromatic N) is 1. The van der Waals surface area contributed by atoms with E-state index in [1.54, 1.807) is 24.1 Å². The van der Waals surface area contributed by atoms with E-state index in [0.717, 1.165) is 16.9 Å². The number of rotatable bonds is 9. The first-order valence-electron chi connectivity index (χ1n) is 9.43. The number of ether oxygens (including phenoxy) is 1. The summed E-state index contributed by atoms with van der Waals surface area (Å²) in [5.74, 6) is 0.491. The van der Waals surface area contributed by atoms with Gasteiger partial charge in [-0.2, -0.15) is 0 Å². The quantitative estimate of drug-likeness (QED) is 0.693. The fourth-order valence-electron chi connectivity index (χ4n) is 3.06. The molecule has 0 spiro atoms. The fraction of sp³-hybridized carbons (Fsp3) is 0.364. The Morgan fingerprint density at radius 1 is 1.11 bits per heavy atom. The third-order valence-electron chi connectivity index (χ3n) is 4.49. The second kappa shape index (κ2) is 10.7. The van der Waals surface area contributed by atoms with Gasteiger partial charge in [0.1, 0.15) is 11.8 Å². The first-order chi connectivity index (χ1) is 13.5. The van der Waals surface area contributed by atoms with E-state index in [-0.39, 0.29) is 18.2 Å². The highest BCUT2D eigenvalue weighted by Crippen LogP contribution is 2.18. The van der Waals surface area contributed by atoms with Gasteiger partial charge in [-0.25, -0.2) is 0 Å². The largest absolute Gasteiger partial charge is 0.497 e. The average Bonchev–Trinajstić information content (AvgIpc) is 2.68. The normalized spacial score (nSPS) is 11.6. The number of methoxy groups -OCH3 is 1. The maximum atomic E-state index is 13.1. The van der Waals surface area contributed by atoms with Crippen LogP contribution in [0.3, 0.4) is 0 Å². The van der Waals surface area contributed by atoms with Gasteiger partial charge in [0, 0.05) is 18.1 Å². The number of hydrogen-bond acceptors (Lipinski definition) is 3. The minimum Gasteiger partial charge on any atom is -0.497 e. The van der Waals surface area contributed by atoms with E-state index >= 15 is 0 Å². The van der Waals surface area contributed by atoms with Crippen LogP contribution in [0.4, 0.5) is 0 Å². The van der Waals surface area contributed by atoms with Gasteiger partial charge in [-0.15, -0.1) is 0 Å². The zero-order valence-electron chi connectivity index (χ0n) is 16.6. The van der Waals surface area contributed by atoms with Crippen molar-refractivity contribution >= 4 is 23.4 Å². The summed E-state index contributed by atoms with van der Waals surface area (Å²) in [5.41, 5.74) is 1.76. The predicted octanol–water partition coefficient (Wildman–Crippen LogP) is 3.83. The van der Waals surface area contributed by atoms with Crippen molar-refractivity contribution in [3.05, 3.63) is 64.7 Å². The summed E-state index contributed by atoms with van der Waals surface area (Å²) >= 11 is 6.05. The Morgan fingerprint density at radius 2 is 1.82 bits per heavy atom. The minimum absolute atomic E-state index is 0.115. The van der Waals surface area contributed by atoms with Crippen LogP contribution in [0.15, 0.2) is 48.5 Å². The van der Waals surface area contributed by atoms with Gasteiger partial charge >= 0.3 is 0 Å². The summed E-state index contributed by atoms with van der Waals surface area (Å²) in [7, 11) is 1.61. The van der Waals surface area contributed by atoms with E-state index in [1.807, 2.05) is 50.2 Å². The molecular formula is C22H27ClN2O3. The molecule has 2 rings (SSSR count). The Kier molecular flexibility index (Phi) is 8.33. The van der Waals surface area contributed by atoms with Crippen molar-refractivity contribution in [2.45, 2.75) is 39.3 Å². The van der Waals surface area contributed by atoms with Crippen molar-refractivity contribution in [2.24, 2.45) is 0 Å². The van der Waals surface area contributed by atoms with E-state index in [1.165, 1.54) is 0 Å². The van der Waals surface area contributed by atoms with Gasteiger partial charge in [0.15, 0.2) is 0 Å². The van der Waals surface area contributed by atoms with E-state index in [4.69, 9.17) is 16.3 Å². The first-order valence-corrected chi connectivity index (χ1v) is 9.80. The molecule has 2 amide bonds. The molecule has 0 radical (unpaired) electrons. The minimum atomic E-state index is -0.534. The van der Waals surface area contributed by atoms with Crippen molar-refractivity contribution in [2.75, 3.05) is 13.7 Å². The summed E-state index contributed by atoms with van der Waals surface area (Å²) in [6.07, 6.45) is 0.718. The molecule has 1 N–H and O–H groups in total. The Labute approximate surface area is 171 Å². The number of amides is 2. The van der Waals surface area contributed by atoms with E-state index in [0.29, 0.717) is 24.5 Å². The van der Waals surface area contributed by atoms with Gasteiger partial charge in [-0.05, 0) is 48.7 Å². The molecule has 28 heavy (non-hydrogen) atoms. The predicted molar refractivity (Wildman–Crippen MR) is 111 cm³/mol. The summed E-state index contributed by atoms with van der Waals surface area (Å²) in [6.45, 7) is 4.65. The molecule has 0 aliphatic carbocycles. The van der Waals surface area contributed by atoms with Crippen LogP contribution in [0, 0.1) is 0 Å². The molecule has 1 atom stereocenters. The molecule has 6 heteroatoms. The fourth-order valence-corrected chi connectivity index (χ4v) is 3.28. The van der Waals surface area contributed by atoms with Crippen LogP contribution in [0.5, 0.6) is 5.75 Å². The molecule has 0 fully saturated rings. The second-order valence-electron chi connectivity index (χ2n) is 6.50. The van der Waals surface area contributed by atoms with Crippen molar-refractivity contribution in [1.82, 2.24) is 10.2 Å². The highest BCUT2D eigenvalue weighted by atomic mass is 35.5. The highest BCUT2D eigenvalue weighted by molar-refractivity contribution is 6.30. The molecule has 1 unspecified atom stereocenters. The summed E-state index contributed by atoms with van der Waals surface area (Å²) in [5, 5.41) is 3.42. The molecular weight excluding hydrogens is 376 g/mol. The molecule has 0 aromatic heterocycles. The standard InChI is InChI=1S/C22H27ClN2O3/c1-4-20(22(27)24-5-2)25(15-16-9-11-19(28-3)12-10-16)21(26)14-17-7-6-8-18(23)13-17/h6-13,20H,4-5,14-15H2,1-3H3,(H,24,27). The van der Waals surface area contributed by atoms with Gasteiger partial charge in [0.25, 0.3) is 0 Å². The molecule has 5 nitrogen and oxygen atoms in total. The third kappa shape index (κ3) is 5.99. The number of carbonyl (C=O) groups is 2. The molecule has 0 aliphatic heterocycles. The number of hydrogen-bond donors (Lipinski definition) is 1. The van der Waals surface area contributed by atoms with Crippen LogP contribution in [-0.2, 0) is 22.6 Å². The summed E-state index contributed by atoms with van der Waals surface area (Å²) < 4.78 is 5.19. The van der Waals surface area contributed by atoms with Gasteiger partial charge < -0.3 is 15.0 Å². The molecule has 0 bridgehead atoms. The van der Waals surface area contributed by atoms with Gasteiger partial charge in [-0.1, -0.05) is 42.8 Å². The van der Waals surface area contributed by atoms with Crippen LogP contribution in [-0.4, -0.2) is 36.4 Å². The molecule has 0 saturated carbocycles. The Bertz CT molecular complexity index is 793. The maximum absolute atomic E-state index is 13.1. The van der Waals surface area contributed by atoms with Gasteiger partial charge in [-0.3, -0.25) is 9.59 Å². The van der Waals surface area contributed by atoms with E-state index < -0.39 is 6.04 Å². The van der Waals surface area contributed by atoms with Crippen molar-refractivity contribution < 1.29 is 14.3 Å². The average molecular weight is 403 g/mol. The molecule has 0 aliphatic rings. The lowest BCUT2D eigenvalue weighted by Crippen LogP contribution is -2.49. The molecule has 0 heterocycles. The number of benzene rings is 2. The molecule has 2 aromatic carbocycles. The van der Waals surface area contributed by atoms with Crippen molar-refractivity contribution in [1.29, 1.82) is 0 Å². The number of nitrogens with one attached hydrogen (secondary N) is 1. The SMILES string of the molecule is CCNC(=O)C(CC)N(Cc1ccc(OC)cc1)C(=O)Cc1cccc(Cl)c1. The van der Waals surface area contributed by atoms with E-state index in [9.17, 15) is 9.59 Å². The summed E-state index contributed by atoms with van der Waals surface area (Å²) in [4.78, 5) is 27.4. The Morgan fingerprint density at radius 3 is 2.39 bits per heavy atom. The second-order valence-corrected chi connectivity index (χ2v) is 6.93. The van der Waals surface area contributed by atoms with Gasteiger partial charge in [0.2, 0.25) is 11.8 Å². The number of halogens is 1. The first kappa shape index (κ1) is 21.8. The number of likely N-dealkylation sites (N-methyl/N-ethyl adjacent to an activating group) is 1. The highest BCUT2D eigenvalue weighted by Gasteiger charge is 2.28. The van der Waals surface area contributed by atoms with Crippen molar-refractivity contribution in [3.8, 4) is 5.75 Å². The molecule has 2 aromatic rings. The van der Waals surface area contributed by atoms with Crippen molar-refractivity contribution in [3.63, 3.8) is 0 Å². The lowest BCUT2D eigenvalue weighted by molar-refractivity contribution is -0.140. The van der Waals surface area contributed by atoms with Crippen LogP contribution in [0.1, 0.15) is 31.4 Å². The zero-order valence-corrected chi connectivity index (χ0v) is 17.3. The maximum Gasteiger partial charge on any atom is 0.242 e.